The van der Waals surface area contributed by atoms with E-state index in [4.69, 9.17) is 15.8 Å². The Balaban J connectivity index is 2.30. The Kier molecular flexibility index (Phi) is 3.49. The topological polar surface area (TPSA) is 56.3 Å². The van der Waals surface area contributed by atoms with E-state index in [1.54, 1.807) is 0 Å². The molecule has 18 heavy (non-hydrogen) atoms. The average Bonchev–Trinajstić information content (AvgIpc) is 2.29. The van der Waals surface area contributed by atoms with Crippen molar-refractivity contribution in [3.63, 3.8) is 0 Å². The van der Waals surface area contributed by atoms with Crippen LogP contribution in [0.1, 0.15) is 0 Å². The molecule has 4 nitrogen and oxygen atoms in total. The van der Waals surface area contributed by atoms with Crippen molar-refractivity contribution in [1.82, 2.24) is 4.98 Å². The van der Waals surface area contributed by atoms with Gasteiger partial charge in [0.1, 0.15) is 21.6 Å². The Morgan fingerprint density at radius 1 is 1.22 bits per heavy atom. The second-order valence-corrected chi connectivity index (χ2v) is 5.25. The standard InChI is InChI=1S/C11H7ClFNO3S/c12-11-5-4-10(7-14-11)18(15,16)17-9-3-1-2-8(13)6-9/h1-7H. The first-order valence-corrected chi connectivity index (χ1v) is 6.57. The van der Waals surface area contributed by atoms with Crippen LogP contribution in [0.25, 0.3) is 0 Å². The smallest absolute Gasteiger partial charge is 0.340 e. The minimum Gasteiger partial charge on any atom is -0.379 e. The molecule has 0 N–H and O–H groups in total. The molecule has 0 aliphatic carbocycles. The predicted molar refractivity (Wildman–Crippen MR) is 63.5 cm³/mol. The minimum absolute atomic E-state index is 0.107. The molecule has 0 unspecified atom stereocenters. The monoisotopic (exact) mass is 287 g/mol. The summed E-state index contributed by atoms with van der Waals surface area (Å²) < 4.78 is 41.2. The van der Waals surface area contributed by atoms with Gasteiger partial charge in [0.2, 0.25) is 0 Å². The van der Waals surface area contributed by atoms with Crippen molar-refractivity contribution in [2.24, 2.45) is 0 Å². The lowest BCUT2D eigenvalue weighted by atomic mass is 10.3. The maximum Gasteiger partial charge on any atom is 0.340 e. The molecule has 0 atom stereocenters. The number of hydrogen-bond acceptors (Lipinski definition) is 4. The Morgan fingerprint density at radius 2 is 2.00 bits per heavy atom. The first-order valence-electron chi connectivity index (χ1n) is 4.79. The fraction of sp³-hybridized carbons (Fsp3) is 0. The SMILES string of the molecule is O=S(=O)(Oc1cccc(F)c1)c1ccc(Cl)nc1. The van der Waals surface area contributed by atoms with Gasteiger partial charge in [-0.2, -0.15) is 8.42 Å². The molecule has 7 heteroatoms. The second kappa shape index (κ2) is 4.91. The zero-order chi connectivity index (χ0) is 13.2. The number of pyridine rings is 1. The van der Waals surface area contributed by atoms with Crippen molar-refractivity contribution in [2.75, 3.05) is 0 Å². The Hall–Kier alpha value is -1.66. The molecular formula is C11H7ClFNO3S. The largest absolute Gasteiger partial charge is 0.379 e. The van der Waals surface area contributed by atoms with Crippen molar-refractivity contribution in [3.05, 3.63) is 53.6 Å². The van der Waals surface area contributed by atoms with Gasteiger partial charge in [-0.05, 0) is 24.3 Å². The molecule has 0 saturated heterocycles. The summed E-state index contributed by atoms with van der Waals surface area (Å²) in [6.45, 7) is 0. The van der Waals surface area contributed by atoms with E-state index in [0.29, 0.717) is 0 Å². The van der Waals surface area contributed by atoms with E-state index < -0.39 is 15.9 Å². The summed E-state index contributed by atoms with van der Waals surface area (Å²) in [5.74, 6) is -0.693. The normalized spacial score (nSPS) is 11.2. The highest BCUT2D eigenvalue weighted by Gasteiger charge is 2.17. The zero-order valence-electron chi connectivity index (χ0n) is 8.88. The van der Waals surface area contributed by atoms with Crippen molar-refractivity contribution >= 4 is 21.7 Å². The highest BCUT2D eigenvalue weighted by atomic mass is 35.5. The Bertz CT molecular complexity index is 658. The number of aromatic nitrogens is 1. The molecule has 94 valence electrons. The number of rotatable bonds is 3. The Morgan fingerprint density at radius 3 is 2.61 bits per heavy atom. The number of benzene rings is 1. The van der Waals surface area contributed by atoms with Crippen LogP contribution in [0.2, 0.25) is 5.15 Å². The predicted octanol–water partition coefficient (Wildman–Crippen LogP) is 2.64. The van der Waals surface area contributed by atoms with Gasteiger partial charge in [-0.15, -0.1) is 0 Å². The molecular weight excluding hydrogens is 281 g/mol. The summed E-state index contributed by atoms with van der Waals surface area (Å²) in [4.78, 5) is 3.48. The van der Waals surface area contributed by atoms with E-state index in [-0.39, 0.29) is 15.8 Å². The number of hydrogen-bond donors (Lipinski definition) is 0. The average molecular weight is 288 g/mol. The molecule has 0 saturated carbocycles. The molecule has 2 rings (SSSR count). The molecule has 1 heterocycles. The molecule has 0 aliphatic heterocycles. The third-order valence-electron chi connectivity index (χ3n) is 1.99. The summed E-state index contributed by atoms with van der Waals surface area (Å²) in [5, 5.41) is 0.166. The molecule has 0 aliphatic rings. The van der Waals surface area contributed by atoms with Gasteiger partial charge >= 0.3 is 10.1 Å². The first-order chi connectivity index (χ1) is 8.47. The van der Waals surface area contributed by atoms with E-state index in [1.165, 1.54) is 30.3 Å². The van der Waals surface area contributed by atoms with Gasteiger partial charge in [-0.3, -0.25) is 0 Å². The highest BCUT2D eigenvalue weighted by molar-refractivity contribution is 7.87. The van der Waals surface area contributed by atoms with Gasteiger partial charge in [-0.25, -0.2) is 9.37 Å². The van der Waals surface area contributed by atoms with E-state index in [2.05, 4.69) is 4.98 Å². The maximum absolute atomic E-state index is 12.9. The van der Waals surface area contributed by atoms with Crippen LogP contribution in [0.15, 0.2) is 47.5 Å². The first kappa shape index (κ1) is 12.8. The third-order valence-corrected chi connectivity index (χ3v) is 3.45. The van der Waals surface area contributed by atoms with Crippen LogP contribution in [0, 0.1) is 5.82 Å². The number of nitrogens with zero attached hydrogens (tertiary/aromatic N) is 1. The van der Waals surface area contributed by atoms with Gasteiger partial charge in [0.25, 0.3) is 0 Å². The van der Waals surface area contributed by atoms with Crippen LogP contribution in [-0.4, -0.2) is 13.4 Å². The summed E-state index contributed by atoms with van der Waals surface area (Å²) in [5.41, 5.74) is 0. The summed E-state index contributed by atoms with van der Waals surface area (Å²) in [6, 6.07) is 7.42. The quantitative estimate of drug-likeness (QED) is 0.643. The van der Waals surface area contributed by atoms with Crippen LogP contribution in [-0.2, 0) is 10.1 Å². The zero-order valence-corrected chi connectivity index (χ0v) is 10.5. The molecule has 2 aromatic rings. The lowest BCUT2D eigenvalue weighted by Gasteiger charge is -2.06. The van der Waals surface area contributed by atoms with Crippen molar-refractivity contribution in [3.8, 4) is 5.75 Å². The lowest BCUT2D eigenvalue weighted by Crippen LogP contribution is -2.10. The molecule has 0 spiro atoms. The van der Waals surface area contributed by atoms with Crippen LogP contribution < -0.4 is 4.18 Å². The van der Waals surface area contributed by atoms with Crippen molar-refractivity contribution in [2.45, 2.75) is 4.90 Å². The van der Waals surface area contributed by atoms with Crippen LogP contribution in [0.4, 0.5) is 4.39 Å². The molecule has 0 bridgehead atoms. The molecule has 0 amide bonds. The van der Waals surface area contributed by atoms with Crippen LogP contribution >= 0.6 is 11.6 Å². The number of halogens is 2. The summed E-state index contributed by atoms with van der Waals surface area (Å²) >= 11 is 5.55. The van der Waals surface area contributed by atoms with E-state index in [1.807, 2.05) is 0 Å². The van der Waals surface area contributed by atoms with Gasteiger partial charge in [0.05, 0.1) is 6.20 Å². The molecule has 0 fully saturated rings. The third kappa shape index (κ3) is 2.96. The van der Waals surface area contributed by atoms with Crippen molar-refractivity contribution in [1.29, 1.82) is 0 Å². The minimum atomic E-state index is -4.03. The van der Waals surface area contributed by atoms with Crippen molar-refractivity contribution < 1.29 is 17.0 Å². The van der Waals surface area contributed by atoms with E-state index >= 15 is 0 Å². The van der Waals surface area contributed by atoms with E-state index in [0.717, 1.165) is 12.3 Å². The van der Waals surface area contributed by atoms with Gasteiger partial charge < -0.3 is 4.18 Å². The van der Waals surface area contributed by atoms with Gasteiger partial charge in [0, 0.05) is 6.07 Å². The van der Waals surface area contributed by atoms with Gasteiger partial charge in [-0.1, -0.05) is 17.7 Å². The lowest BCUT2D eigenvalue weighted by molar-refractivity contribution is 0.483. The van der Waals surface area contributed by atoms with Gasteiger partial charge in [0.15, 0.2) is 0 Å². The maximum atomic E-state index is 12.9. The van der Waals surface area contributed by atoms with Crippen LogP contribution in [0.5, 0.6) is 5.75 Å². The second-order valence-electron chi connectivity index (χ2n) is 3.31. The fourth-order valence-electron chi connectivity index (χ4n) is 1.20. The molecule has 1 aromatic carbocycles. The summed E-state index contributed by atoms with van der Waals surface area (Å²) in [6.07, 6.45) is 1.07. The van der Waals surface area contributed by atoms with Crippen LogP contribution in [0.3, 0.4) is 0 Å². The summed E-state index contributed by atoms with van der Waals surface area (Å²) in [7, 11) is -4.03. The molecule has 1 aromatic heterocycles. The highest BCUT2D eigenvalue weighted by Crippen LogP contribution is 2.19. The fourth-order valence-corrected chi connectivity index (χ4v) is 2.19. The molecule has 0 radical (unpaired) electrons. The Labute approximate surface area is 108 Å². The van der Waals surface area contributed by atoms with E-state index in [9.17, 15) is 12.8 Å².